The molecule has 2 aromatic rings. The second kappa shape index (κ2) is 3.90. The summed E-state index contributed by atoms with van der Waals surface area (Å²) in [6.45, 7) is 0. The molecule has 0 atom stereocenters. The molecule has 0 radical (unpaired) electrons. The number of halogens is 2. The van der Waals surface area contributed by atoms with Crippen LogP contribution >= 0.6 is 43.2 Å². The SMILES string of the molecule is Brc1ccc(-c2nccs2)cc1Br. The molecule has 0 aliphatic rings. The fourth-order valence-corrected chi connectivity index (χ4v) is 2.26. The van der Waals surface area contributed by atoms with Gasteiger partial charge in [-0.1, -0.05) is 6.07 Å². The summed E-state index contributed by atoms with van der Waals surface area (Å²) in [5, 5.41) is 3.03. The van der Waals surface area contributed by atoms with Crippen LogP contribution in [-0.4, -0.2) is 4.98 Å². The van der Waals surface area contributed by atoms with Gasteiger partial charge in [-0.25, -0.2) is 4.98 Å². The van der Waals surface area contributed by atoms with Gasteiger partial charge < -0.3 is 0 Å². The van der Waals surface area contributed by atoms with E-state index in [2.05, 4.69) is 42.9 Å². The Labute approximate surface area is 97.1 Å². The van der Waals surface area contributed by atoms with Crippen molar-refractivity contribution >= 4 is 43.2 Å². The van der Waals surface area contributed by atoms with Gasteiger partial charge >= 0.3 is 0 Å². The molecule has 1 heterocycles. The summed E-state index contributed by atoms with van der Waals surface area (Å²) in [5.41, 5.74) is 1.14. The zero-order chi connectivity index (χ0) is 9.26. The van der Waals surface area contributed by atoms with E-state index >= 15 is 0 Å². The summed E-state index contributed by atoms with van der Waals surface area (Å²) in [5.74, 6) is 0. The van der Waals surface area contributed by atoms with Gasteiger partial charge in [0.1, 0.15) is 5.01 Å². The maximum absolute atomic E-state index is 4.24. The Balaban J connectivity index is 2.49. The van der Waals surface area contributed by atoms with Crippen molar-refractivity contribution in [2.24, 2.45) is 0 Å². The number of aromatic nitrogens is 1. The van der Waals surface area contributed by atoms with E-state index in [9.17, 15) is 0 Å². The van der Waals surface area contributed by atoms with Crippen LogP contribution in [0.15, 0.2) is 38.7 Å². The van der Waals surface area contributed by atoms with Gasteiger partial charge in [0.25, 0.3) is 0 Å². The largest absolute Gasteiger partial charge is 0.245 e. The third-order valence-corrected chi connectivity index (χ3v) is 4.30. The molecule has 0 saturated carbocycles. The Morgan fingerprint density at radius 3 is 2.62 bits per heavy atom. The molecular formula is C9H5Br2NS. The predicted molar refractivity (Wildman–Crippen MR) is 63.0 cm³/mol. The highest BCUT2D eigenvalue weighted by atomic mass is 79.9. The third-order valence-electron chi connectivity index (χ3n) is 1.60. The maximum Gasteiger partial charge on any atom is 0.123 e. The van der Waals surface area contributed by atoms with E-state index in [-0.39, 0.29) is 0 Å². The molecule has 0 fully saturated rings. The third kappa shape index (κ3) is 2.00. The summed E-state index contributed by atoms with van der Waals surface area (Å²) < 4.78 is 2.12. The molecule has 2 rings (SSSR count). The van der Waals surface area contributed by atoms with Crippen LogP contribution in [0.3, 0.4) is 0 Å². The van der Waals surface area contributed by atoms with E-state index in [1.165, 1.54) is 0 Å². The Hall–Kier alpha value is -0.190. The summed E-state index contributed by atoms with van der Waals surface area (Å²) in [4.78, 5) is 4.24. The van der Waals surface area contributed by atoms with Crippen molar-refractivity contribution in [3.05, 3.63) is 38.7 Å². The van der Waals surface area contributed by atoms with Crippen LogP contribution in [0.1, 0.15) is 0 Å². The van der Waals surface area contributed by atoms with E-state index in [1.807, 2.05) is 23.7 Å². The summed E-state index contributed by atoms with van der Waals surface area (Å²) in [6, 6.07) is 6.12. The van der Waals surface area contributed by atoms with E-state index in [4.69, 9.17) is 0 Å². The molecule has 1 aromatic heterocycles. The molecule has 66 valence electrons. The minimum absolute atomic E-state index is 1.05. The highest BCUT2D eigenvalue weighted by Gasteiger charge is 2.02. The second-order valence-electron chi connectivity index (χ2n) is 2.47. The van der Waals surface area contributed by atoms with Crippen molar-refractivity contribution < 1.29 is 0 Å². The van der Waals surface area contributed by atoms with Gasteiger partial charge in [0.2, 0.25) is 0 Å². The van der Waals surface area contributed by atoms with Crippen LogP contribution in [0.4, 0.5) is 0 Å². The normalized spacial score (nSPS) is 10.3. The highest BCUT2D eigenvalue weighted by Crippen LogP contribution is 2.29. The van der Waals surface area contributed by atoms with E-state index < -0.39 is 0 Å². The van der Waals surface area contributed by atoms with Gasteiger partial charge in [0.05, 0.1) is 0 Å². The van der Waals surface area contributed by atoms with Crippen LogP contribution in [0.5, 0.6) is 0 Å². The first-order valence-corrected chi connectivity index (χ1v) is 6.09. The number of benzene rings is 1. The number of thiazole rings is 1. The highest BCUT2D eigenvalue weighted by molar-refractivity contribution is 9.13. The van der Waals surface area contributed by atoms with Gasteiger partial charge in [-0.15, -0.1) is 11.3 Å². The standard InChI is InChI=1S/C9H5Br2NS/c10-7-2-1-6(5-8(7)11)9-12-3-4-13-9/h1-5H. The lowest BCUT2D eigenvalue weighted by atomic mass is 10.2. The maximum atomic E-state index is 4.24. The first kappa shape index (κ1) is 9.37. The first-order valence-electron chi connectivity index (χ1n) is 3.62. The summed E-state index contributed by atoms with van der Waals surface area (Å²) >= 11 is 8.53. The van der Waals surface area contributed by atoms with Crippen LogP contribution in [0, 0.1) is 0 Å². The van der Waals surface area contributed by atoms with Gasteiger partial charge in [-0.3, -0.25) is 0 Å². The molecule has 1 nitrogen and oxygen atoms in total. The van der Waals surface area contributed by atoms with Crippen LogP contribution in [0.25, 0.3) is 10.6 Å². The van der Waals surface area contributed by atoms with Gasteiger partial charge in [-0.2, -0.15) is 0 Å². The van der Waals surface area contributed by atoms with Gasteiger partial charge in [0, 0.05) is 26.1 Å². The lowest BCUT2D eigenvalue weighted by molar-refractivity contribution is 1.41. The smallest absolute Gasteiger partial charge is 0.123 e. The monoisotopic (exact) mass is 317 g/mol. The molecule has 1 aromatic carbocycles. The molecule has 0 aliphatic heterocycles. The average Bonchev–Trinajstić information content (AvgIpc) is 2.62. The molecule has 13 heavy (non-hydrogen) atoms. The topological polar surface area (TPSA) is 12.9 Å². The first-order chi connectivity index (χ1) is 6.27. The van der Waals surface area contributed by atoms with Crippen LogP contribution in [-0.2, 0) is 0 Å². The van der Waals surface area contributed by atoms with Gasteiger partial charge in [-0.05, 0) is 44.0 Å². The Kier molecular flexibility index (Phi) is 2.81. The van der Waals surface area contributed by atoms with Crippen molar-refractivity contribution in [2.45, 2.75) is 0 Å². The molecule has 4 heteroatoms. The summed E-state index contributed by atoms with van der Waals surface area (Å²) in [7, 11) is 0. The van der Waals surface area contributed by atoms with Crippen molar-refractivity contribution in [3.63, 3.8) is 0 Å². The molecule has 0 bridgehead atoms. The summed E-state index contributed by atoms with van der Waals surface area (Å²) in [6.07, 6.45) is 1.82. The average molecular weight is 319 g/mol. The molecule has 0 unspecified atom stereocenters. The minimum atomic E-state index is 1.05. The number of nitrogens with zero attached hydrogens (tertiary/aromatic N) is 1. The van der Waals surface area contributed by atoms with E-state index in [1.54, 1.807) is 11.3 Å². The van der Waals surface area contributed by atoms with E-state index in [0.717, 1.165) is 19.5 Å². The lowest BCUT2D eigenvalue weighted by Crippen LogP contribution is -1.76. The Morgan fingerprint density at radius 1 is 1.15 bits per heavy atom. The number of hydrogen-bond acceptors (Lipinski definition) is 2. The lowest BCUT2D eigenvalue weighted by Gasteiger charge is -1.99. The molecule has 0 saturated heterocycles. The van der Waals surface area contributed by atoms with Crippen molar-refractivity contribution in [3.8, 4) is 10.6 Å². The fourth-order valence-electron chi connectivity index (χ4n) is 0.995. The van der Waals surface area contributed by atoms with Crippen molar-refractivity contribution in [1.82, 2.24) is 4.98 Å². The molecule has 0 amide bonds. The van der Waals surface area contributed by atoms with Crippen molar-refractivity contribution in [1.29, 1.82) is 0 Å². The van der Waals surface area contributed by atoms with E-state index in [0.29, 0.717) is 0 Å². The molecule has 0 spiro atoms. The zero-order valence-corrected chi connectivity index (χ0v) is 10.5. The van der Waals surface area contributed by atoms with Crippen molar-refractivity contribution in [2.75, 3.05) is 0 Å². The Bertz CT molecular complexity index is 412. The zero-order valence-electron chi connectivity index (χ0n) is 6.50. The molecule has 0 aliphatic carbocycles. The fraction of sp³-hybridized carbons (Fsp3) is 0. The minimum Gasteiger partial charge on any atom is -0.245 e. The number of hydrogen-bond donors (Lipinski definition) is 0. The predicted octanol–water partition coefficient (Wildman–Crippen LogP) is 4.34. The van der Waals surface area contributed by atoms with Crippen LogP contribution in [0.2, 0.25) is 0 Å². The Morgan fingerprint density at radius 2 is 2.00 bits per heavy atom. The molecular weight excluding hydrogens is 314 g/mol. The quantitative estimate of drug-likeness (QED) is 0.762. The van der Waals surface area contributed by atoms with Gasteiger partial charge in [0.15, 0.2) is 0 Å². The number of rotatable bonds is 1. The molecule has 0 N–H and O–H groups in total. The second-order valence-corrected chi connectivity index (χ2v) is 5.07. The van der Waals surface area contributed by atoms with Crippen LogP contribution < -0.4 is 0 Å².